The normalized spacial score (nSPS) is 32.1. The maximum atomic E-state index is 13.0. The van der Waals surface area contributed by atoms with E-state index in [0.717, 1.165) is 37.0 Å². The monoisotopic (exact) mass is 420 g/mol. The van der Waals surface area contributed by atoms with Crippen LogP contribution in [0.25, 0.3) is 0 Å². The van der Waals surface area contributed by atoms with Gasteiger partial charge in [-0.3, -0.25) is 19.3 Å². The molecule has 3 heterocycles. The number of piperazine rings is 1. The largest absolute Gasteiger partial charge is 0.368 e. The molecule has 3 saturated heterocycles. The highest BCUT2D eigenvalue weighted by atomic mass is 16.5. The maximum absolute atomic E-state index is 13.0. The second-order valence-electron chi connectivity index (χ2n) is 8.96. The number of carbonyl (C=O) groups excluding carboxylic acids is 4. The van der Waals surface area contributed by atoms with Crippen LogP contribution in [0.3, 0.4) is 0 Å². The lowest BCUT2D eigenvalue weighted by Crippen LogP contribution is -2.55. The Kier molecular flexibility index (Phi) is 5.99. The van der Waals surface area contributed by atoms with Crippen molar-refractivity contribution in [2.45, 2.75) is 63.5 Å². The number of hydrogen-bond acceptors (Lipinski definition) is 5. The smallest absolute Gasteiger partial charge is 0.325 e. The first-order valence-electron chi connectivity index (χ1n) is 11.3. The number of nitrogens with one attached hydrogen (secondary N) is 1. The lowest BCUT2D eigenvalue weighted by Gasteiger charge is -2.36. The van der Waals surface area contributed by atoms with E-state index in [2.05, 4.69) is 12.2 Å². The van der Waals surface area contributed by atoms with E-state index >= 15 is 0 Å². The Bertz CT molecular complexity index is 704. The Morgan fingerprint density at radius 2 is 1.73 bits per heavy atom. The molecule has 4 rings (SSSR count). The van der Waals surface area contributed by atoms with Crippen LogP contribution in [0.1, 0.15) is 51.9 Å². The summed E-state index contributed by atoms with van der Waals surface area (Å²) >= 11 is 0. The highest BCUT2D eigenvalue weighted by Crippen LogP contribution is 2.37. The zero-order valence-electron chi connectivity index (χ0n) is 17.7. The van der Waals surface area contributed by atoms with Crippen LogP contribution in [-0.4, -0.2) is 89.4 Å². The van der Waals surface area contributed by atoms with E-state index in [9.17, 15) is 19.2 Å². The fourth-order valence-corrected chi connectivity index (χ4v) is 5.12. The Balaban J connectivity index is 1.29. The Hall–Kier alpha value is -2.16. The van der Waals surface area contributed by atoms with Gasteiger partial charge < -0.3 is 19.9 Å². The highest BCUT2D eigenvalue weighted by molar-refractivity contribution is 6.09. The molecule has 0 aromatic rings. The van der Waals surface area contributed by atoms with E-state index in [0.29, 0.717) is 51.5 Å². The quantitative estimate of drug-likeness (QED) is 0.676. The van der Waals surface area contributed by atoms with Crippen molar-refractivity contribution in [3.05, 3.63) is 0 Å². The molecule has 0 radical (unpaired) electrons. The van der Waals surface area contributed by atoms with Gasteiger partial charge in [0.05, 0.1) is 0 Å². The number of ether oxygens (including phenoxy) is 1. The molecule has 1 spiro atoms. The zero-order chi connectivity index (χ0) is 21.3. The molecule has 1 N–H and O–H groups in total. The average molecular weight is 421 g/mol. The number of imide groups is 1. The predicted octanol–water partition coefficient (Wildman–Crippen LogP) is 0.727. The van der Waals surface area contributed by atoms with Gasteiger partial charge in [0.25, 0.3) is 11.8 Å². The van der Waals surface area contributed by atoms with Crippen LogP contribution in [0, 0.1) is 5.92 Å². The topological polar surface area (TPSA) is 99.3 Å². The number of rotatable bonds is 4. The standard InChI is InChI=1S/C21H32N4O5/c1-2-15-5-7-21(8-6-15)19(28)25(20(29)22-21)14-17(26)23-9-11-24(12-10-23)18(27)16-4-3-13-30-16/h15-16H,2-14H2,1H3,(H,22,29). The minimum absolute atomic E-state index is 0.00155. The summed E-state index contributed by atoms with van der Waals surface area (Å²) in [7, 11) is 0. The lowest BCUT2D eigenvalue weighted by molar-refractivity contribution is -0.146. The van der Waals surface area contributed by atoms with Crippen LogP contribution in [0.5, 0.6) is 0 Å². The third-order valence-electron chi connectivity index (χ3n) is 7.22. The van der Waals surface area contributed by atoms with Crippen molar-refractivity contribution in [2.24, 2.45) is 5.92 Å². The summed E-state index contributed by atoms with van der Waals surface area (Å²) in [6, 6.07) is -0.463. The van der Waals surface area contributed by atoms with E-state index in [1.165, 1.54) is 0 Å². The molecule has 9 nitrogen and oxygen atoms in total. The van der Waals surface area contributed by atoms with Crippen molar-refractivity contribution >= 4 is 23.8 Å². The summed E-state index contributed by atoms with van der Waals surface area (Å²) in [5, 5.41) is 2.88. The molecule has 166 valence electrons. The summed E-state index contributed by atoms with van der Waals surface area (Å²) in [6.45, 7) is 4.26. The van der Waals surface area contributed by atoms with Crippen LogP contribution in [0.4, 0.5) is 4.79 Å². The van der Waals surface area contributed by atoms with Crippen LogP contribution in [0.2, 0.25) is 0 Å². The van der Waals surface area contributed by atoms with Gasteiger partial charge >= 0.3 is 6.03 Å². The molecule has 0 aromatic heterocycles. The number of carbonyl (C=O) groups is 4. The molecule has 4 aliphatic rings. The minimum atomic E-state index is -0.824. The first-order valence-corrected chi connectivity index (χ1v) is 11.3. The summed E-state index contributed by atoms with van der Waals surface area (Å²) in [5.41, 5.74) is -0.824. The fraction of sp³-hybridized carbons (Fsp3) is 0.810. The molecule has 3 aliphatic heterocycles. The van der Waals surface area contributed by atoms with Crippen LogP contribution in [0.15, 0.2) is 0 Å². The minimum Gasteiger partial charge on any atom is -0.368 e. The lowest BCUT2D eigenvalue weighted by atomic mass is 9.75. The highest BCUT2D eigenvalue weighted by Gasteiger charge is 2.52. The van der Waals surface area contributed by atoms with Gasteiger partial charge in [-0.1, -0.05) is 13.3 Å². The molecular formula is C21H32N4O5. The Labute approximate surface area is 177 Å². The van der Waals surface area contributed by atoms with Gasteiger partial charge in [-0.15, -0.1) is 0 Å². The van der Waals surface area contributed by atoms with Crippen molar-refractivity contribution in [3.63, 3.8) is 0 Å². The molecule has 9 heteroatoms. The molecule has 0 bridgehead atoms. The molecule has 1 saturated carbocycles. The Morgan fingerprint density at radius 1 is 1.07 bits per heavy atom. The van der Waals surface area contributed by atoms with Gasteiger partial charge in [-0.05, 0) is 44.4 Å². The van der Waals surface area contributed by atoms with Crippen molar-refractivity contribution in [1.82, 2.24) is 20.0 Å². The molecule has 5 amide bonds. The number of nitrogens with zero attached hydrogens (tertiary/aromatic N) is 3. The fourth-order valence-electron chi connectivity index (χ4n) is 5.12. The van der Waals surface area contributed by atoms with Crippen LogP contribution < -0.4 is 5.32 Å². The van der Waals surface area contributed by atoms with Gasteiger partial charge in [0.15, 0.2) is 0 Å². The van der Waals surface area contributed by atoms with Crippen molar-refractivity contribution in [3.8, 4) is 0 Å². The van der Waals surface area contributed by atoms with E-state index in [1.54, 1.807) is 9.80 Å². The first-order chi connectivity index (χ1) is 14.4. The number of amides is 5. The number of hydrogen-bond donors (Lipinski definition) is 1. The van der Waals surface area contributed by atoms with E-state index in [-0.39, 0.29) is 30.4 Å². The summed E-state index contributed by atoms with van der Waals surface area (Å²) in [6.07, 6.45) is 5.52. The Morgan fingerprint density at radius 3 is 2.33 bits per heavy atom. The van der Waals surface area contributed by atoms with E-state index in [4.69, 9.17) is 4.74 Å². The molecular weight excluding hydrogens is 388 g/mol. The van der Waals surface area contributed by atoms with Gasteiger partial charge in [-0.2, -0.15) is 0 Å². The molecule has 1 aliphatic carbocycles. The van der Waals surface area contributed by atoms with Crippen molar-refractivity contribution in [2.75, 3.05) is 39.3 Å². The van der Waals surface area contributed by atoms with Crippen LogP contribution >= 0.6 is 0 Å². The van der Waals surface area contributed by atoms with Crippen molar-refractivity contribution in [1.29, 1.82) is 0 Å². The van der Waals surface area contributed by atoms with E-state index < -0.39 is 11.6 Å². The molecule has 4 fully saturated rings. The van der Waals surface area contributed by atoms with Crippen LogP contribution in [-0.2, 0) is 19.1 Å². The first kappa shape index (κ1) is 21.1. The van der Waals surface area contributed by atoms with E-state index in [1.807, 2.05) is 0 Å². The summed E-state index contributed by atoms with van der Waals surface area (Å²) < 4.78 is 5.46. The number of urea groups is 1. The van der Waals surface area contributed by atoms with Gasteiger partial charge in [0.1, 0.15) is 18.2 Å². The van der Waals surface area contributed by atoms with Gasteiger partial charge in [0, 0.05) is 32.8 Å². The maximum Gasteiger partial charge on any atom is 0.325 e. The second kappa shape index (κ2) is 8.53. The molecule has 30 heavy (non-hydrogen) atoms. The van der Waals surface area contributed by atoms with Gasteiger partial charge in [-0.25, -0.2) is 4.79 Å². The third-order valence-corrected chi connectivity index (χ3v) is 7.22. The molecule has 1 unspecified atom stereocenters. The zero-order valence-corrected chi connectivity index (χ0v) is 17.7. The molecule has 0 aromatic carbocycles. The van der Waals surface area contributed by atoms with Gasteiger partial charge in [0.2, 0.25) is 5.91 Å². The van der Waals surface area contributed by atoms with Crippen molar-refractivity contribution < 1.29 is 23.9 Å². The predicted molar refractivity (Wildman–Crippen MR) is 107 cm³/mol. The third kappa shape index (κ3) is 3.91. The summed E-state index contributed by atoms with van der Waals surface area (Å²) in [5.74, 6) is 0.0903. The average Bonchev–Trinajstić information content (AvgIpc) is 3.38. The summed E-state index contributed by atoms with van der Waals surface area (Å²) in [4.78, 5) is 55.2. The second-order valence-corrected chi connectivity index (χ2v) is 8.96. The SMILES string of the molecule is CCC1CCC2(CC1)NC(=O)N(CC(=O)N1CCN(C(=O)C3CCCO3)CC1)C2=O. The molecule has 1 atom stereocenters.